The zero-order chi connectivity index (χ0) is 22.2. The maximum atomic E-state index is 13.1. The van der Waals surface area contributed by atoms with Crippen LogP contribution in [0, 0.1) is 0 Å². The summed E-state index contributed by atoms with van der Waals surface area (Å²) in [5, 5.41) is 0. The Morgan fingerprint density at radius 1 is 1.09 bits per heavy atom. The number of hydrogen-bond acceptors (Lipinski definition) is 5. The van der Waals surface area contributed by atoms with Crippen molar-refractivity contribution < 1.29 is 19.1 Å². The Morgan fingerprint density at radius 2 is 1.88 bits per heavy atom. The van der Waals surface area contributed by atoms with Crippen LogP contribution in [0.1, 0.15) is 51.5 Å². The molecule has 7 heteroatoms. The summed E-state index contributed by atoms with van der Waals surface area (Å²) in [7, 11) is 0. The molecule has 5 rings (SSSR count). The molecule has 0 bridgehead atoms. The number of hydrogen-bond donors (Lipinski definition) is 0. The molecule has 1 aliphatic carbocycles. The van der Waals surface area contributed by atoms with E-state index < -0.39 is 0 Å². The highest BCUT2D eigenvalue weighted by Gasteiger charge is 2.42. The Morgan fingerprint density at radius 3 is 2.66 bits per heavy atom. The normalized spacial score (nSPS) is 23.3. The summed E-state index contributed by atoms with van der Waals surface area (Å²) in [6.07, 6.45) is 4.55. The maximum absolute atomic E-state index is 13.1. The van der Waals surface area contributed by atoms with Gasteiger partial charge < -0.3 is 19.3 Å². The summed E-state index contributed by atoms with van der Waals surface area (Å²) >= 11 is 0. The molecule has 172 valence electrons. The van der Waals surface area contributed by atoms with Gasteiger partial charge in [-0.3, -0.25) is 14.5 Å². The van der Waals surface area contributed by atoms with Gasteiger partial charge in [0.1, 0.15) is 0 Å². The van der Waals surface area contributed by atoms with Crippen LogP contribution in [0.3, 0.4) is 0 Å². The molecule has 0 N–H and O–H groups in total. The van der Waals surface area contributed by atoms with Crippen molar-refractivity contribution in [2.75, 3.05) is 33.0 Å². The van der Waals surface area contributed by atoms with Gasteiger partial charge in [0.05, 0.1) is 12.5 Å². The van der Waals surface area contributed by atoms with Gasteiger partial charge in [-0.2, -0.15) is 0 Å². The van der Waals surface area contributed by atoms with E-state index in [0.717, 1.165) is 62.4 Å². The minimum atomic E-state index is 0.0942. The molecule has 0 radical (unpaired) electrons. The Hall–Kier alpha value is -2.54. The van der Waals surface area contributed by atoms with E-state index in [-0.39, 0.29) is 37.1 Å². The highest BCUT2D eigenvalue weighted by Crippen LogP contribution is 2.39. The van der Waals surface area contributed by atoms with E-state index in [1.54, 1.807) is 0 Å². The van der Waals surface area contributed by atoms with Crippen LogP contribution in [0.15, 0.2) is 29.3 Å². The topological polar surface area (TPSA) is 62.3 Å². The average molecular weight is 440 g/mol. The SMILES string of the molecule is CC(C)N1C(=O)C(CC(=O)N2CCN(Cc3ccc4c(c3)OCO4)CC2)=C2CCCCC21. The predicted molar refractivity (Wildman–Crippen MR) is 120 cm³/mol. The number of fused-ring (bicyclic) bond motifs is 2. The van der Waals surface area contributed by atoms with Gasteiger partial charge >= 0.3 is 0 Å². The van der Waals surface area contributed by atoms with Crippen LogP contribution in [0.2, 0.25) is 0 Å². The van der Waals surface area contributed by atoms with E-state index in [4.69, 9.17) is 9.47 Å². The first-order chi connectivity index (χ1) is 15.5. The Balaban J connectivity index is 1.18. The van der Waals surface area contributed by atoms with Crippen molar-refractivity contribution in [2.24, 2.45) is 0 Å². The number of nitrogens with zero attached hydrogens (tertiary/aromatic N) is 3. The van der Waals surface area contributed by atoms with Gasteiger partial charge in [-0.25, -0.2) is 0 Å². The molecule has 1 saturated carbocycles. The van der Waals surface area contributed by atoms with Gasteiger partial charge in [0.2, 0.25) is 12.7 Å². The number of ether oxygens (including phenoxy) is 2. The van der Waals surface area contributed by atoms with E-state index in [0.29, 0.717) is 13.1 Å². The van der Waals surface area contributed by atoms with Gasteiger partial charge in [-0.15, -0.1) is 0 Å². The molecule has 1 unspecified atom stereocenters. The molecule has 3 heterocycles. The summed E-state index contributed by atoms with van der Waals surface area (Å²) in [6.45, 7) is 8.35. The molecule has 3 aliphatic heterocycles. The molecular weight excluding hydrogens is 406 g/mol. The first kappa shape index (κ1) is 21.3. The van der Waals surface area contributed by atoms with Crippen molar-refractivity contribution in [3.8, 4) is 11.5 Å². The molecule has 1 saturated heterocycles. The third-order valence-electron chi connectivity index (χ3n) is 7.24. The Bertz CT molecular complexity index is 933. The second-order valence-electron chi connectivity index (χ2n) is 9.59. The molecule has 0 spiro atoms. The number of benzene rings is 1. The van der Waals surface area contributed by atoms with E-state index >= 15 is 0 Å². The monoisotopic (exact) mass is 439 g/mol. The quantitative estimate of drug-likeness (QED) is 0.706. The standard InChI is InChI=1S/C25H33N3O4/c1-17(2)28-21-6-4-3-5-19(21)20(25(28)30)14-24(29)27-11-9-26(10-12-27)15-18-7-8-22-23(13-18)32-16-31-22/h7-8,13,17,21H,3-6,9-12,14-16H2,1-2H3. The number of piperazine rings is 1. The molecule has 0 aromatic heterocycles. The lowest BCUT2D eigenvalue weighted by Crippen LogP contribution is -2.48. The molecule has 2 amide bonds. The lowest BCUT2D eigenvalue weighted by molar-refractivity contribution is -0.135. The van der Waals surface area contributed by atoms with Crippen molar-refractivity contribution in [3.05, 3.63) is 34.9 Å². The van der Waals surface area contributed by atoms with Crippen molar-refractivity contribution in [1.29, 1.82) is 0 Å². The maximum Gasteiger partial charge on any atom is 0.251 e. The largest absolute Gasteiger partial charge is 0.454 e. The van der Waals surface area contributed by atoms with Crippen molar-refractivity contribution in [2.45, 2.75) is 64.6 Å². The van der Waals surface area contributed by atoms with E-state index in [1.807, 2.05) is 21.9 Å². The van der Waals surface area contributed by atoms with Crippen LogP contribution in [0.25, 0.3) is 0 Å². The summed E-state index contributed by atoms with van der Waals surface area (Å²) in [5.74, 6) is 1.80. The zero-order valence-electron chi connectivity index (χ0n) is 19.1. The summed E-state index contributed by atoms with van der Waals surface area (Å²) in [5.41, 5.74) is 3.22. The highest BCUT2D eigenvalue weighted by atomic mass is 16.7. The van der Waals surface area contributed by atoms with Crippen LogP contribution in [0.5, 0.6) is 11.5 Å². The molecule has 7 nitrogen and oxygen atoms in total. The van der Waals surface area contributed by atoms with Gasteiger partial charge in [-0.05, 0) is 56.4 Å². The third kappa shape index (κ3) is 3.98. The number of amides is 2. The second kappa shape index (κ2) is 8.77. The van der Waals surface area contributed by atoms with Crippen LogP contribution in [-0.2, 0) is 16.1 Å². The number of carbonyl (C=O) groups is 2. The highest BCUT2D eigenvalue weighted by molar-refractivity contribution is 6.02. The van der Waals surface area contributed by atoms with Gasteiger partial charge in [0.15, 0.2) is 11.5 Å². The first-order valence-corrected chi connectivity index (χ1v) is 11.9. The van der Waals surface area contributed by atoms with Gasteiger partial charge in [0, 0.05) is 44.3 Å². The zero-order valence-corrected chi connectivity index (χ0v) is 19.1. The first-order valence-electron chi connectivity index (χ1n) is 11.9. The lowest BCUT2D eigenvalue weighted by atomic mass is 9.88. The summed E-state index contributed by atoms with van der Waals surface area (Å²) in [6, 6.07) is 6.47. The van der Waals surface area contributed by atoms with Crippen molar-refractivity contribution in [1.82, 2.24) is 14.7 Å². The van der Waals surface area contributed by atoms with Crippen LogP contribution in [0.4, 0.5) is 0 Å². The average Bonchev–Trinajstić information content (AvgIpc) is 3.36. The van der Waals surface area contributed by atoms with E-state index in [2.05, 4.69) is 24.8 Å². The molecule has 4 aliphatic rings. The predicted octanol–water partition coefficient (Wildman–Crippen LogP) is 2.94. The summed E-state index contributed by atoms with van der Waals surface area (Å²) in [4.78, 5) is 32.6. The minimum absolute atomic E-state index is 0.0942. The van der Waals surface area contributed by atoms with Crippen LogP contribution in [-0.4, -0.2) is 71.6 Å². The third-order valence-corrected chi connectivity index (χ3v) is 7.24. The lowest BCUT2D eigenvalue weighted by Gasteiger charge is -2.35. The fourth-order valence-corrected chi connectivity index (χ4v) is 5.59. The van der Waals surface area contributed by atoms with Gasteiger partial charge in [0.25, 0.3) is 5.91 Å². The molecule has 1 atom stereocenters. The summed E-state index contributed by atoms with van der Waals surface area (Å²) < 4.78 is 10.9. The molecule has 1 aromatic rings. The van der Waals surface area contributed by atoms with Crippen LogP contribution >= 0.6 is 0 Å². The smallest absolute Gasteiger partial charge is 0.251 e. The fraction of sp³-hybridized carbons (Fsp3) is 0.600. The van der Waals surface area contributed by atoms with E-state index in [9.17, 15) is 9.59 Å². The van der Waals surface area contributed by atoms with Crippen LogP contribution < -0.4 is 9.47 Å². The molecule has 1 aromatic carbocycles. The minimum Gasteiger partial charge on any atom is -0.454 e. The fourth-order valence-electron chi connectivity index (χ4n) is 5.59. The van der Waals surface area contributed by atoms with Gasteiger partial charge in [-0.1, -0.05) is 12.5 Å². The number of rotatable bonds is 5. The number of carbonyl (C=O) groups excluding carboxylic acids is 2. The Labute approximate surface area is 189 Å². The molecule has 32 heavy (non-hydrogen) atoms. The second-order valence-corrected chi connectivity index (χ2v) is 9.59. The molecule has 2 fully saturated rings. The van der Waals surface area contributed by atoms with Crippen molar-refractivity contribution >= 4 is 11.8 Å². The molecular formula is C25H33N3O4. The Kier molecular flexibility index (Phi) is 5.84. The van der Waals surface area contributed by atoms with Crippen molar-refractivity contribution in [3.63, 3.8) is 0 Å². The van der Waals surface area contributed by atoms with E-state index in [1.165, 1.54) is 11.1 Å².